The molecule has 0 spiro atoms. The van der Waals surface area contributed by atoms with Gasteiger partial charge in [-0.1, -0.05) is 24.3 Å². The number of rotatable bonds is 4. The van der Waals surface area contributed by atoms with E-state index in [0.29, 0.717) is 11.4 Å². The molecule has 0 aliphatic carbocycles. The zero-order chi connectivity index (χ0) is 14.7. The SMILES string of the molecule is Cc1ccccc1CC(C)NC(=O)c1cc(N)cn1C. The van der Waals surface area contributed by atoms with E-state index in [4.69, 9.17) is 5.73 Å². The number of hydrogen-bond acceptors (Lipinski definition) is 2. The van der Waals surface area contributed by atoms with Gasteiger partial charge in [0.15, 0.2) is 0 Å². The van der Waals surface area contributed by atoms with Gasteiger partial charge in [0.25, 0.3) is 5.91 Å². The average Bonchev–Trinajstić information content (AvgIpc) is 2.71. The summed E-state index contributed by atoms with van der Waals surface area (Å²) < 4.78 is 1.74. The standard InChI is InChI=1S/C16H21N3O/c1-11-6-4-5-7-13(11)8-12(2)18-16(20)15-9-14(17)10-19(15)3/h4-7,9-10,12H,8,17H2,1-3H3,(H,18,20). The second-order valence-corrected chi connectivity index (χ2v) is 5.27. The van der Waals surface area contributed by atoms with Gasteiger partial charge in [-0.2, -0.15) is 0 Å². The van der Waals surface area contributed by atoms with Gasteiger partial charge in [-0.25, -0.2) is 0 Å². The molecule has 20 heavy (non-hydrogen) atoms. The van der Waals surface area contributed by atoms with E-state index < -0.39 is 0 Å². The highest BCUT2D eigenvalue weighted by atomic mass is 16.2. The minimum Gasteiger partial charge on any atom is -0.397 e. The lowest BCUT2D eigenvalue weighted by Gasteiger charge is -2.15. The first-order valence-electron chi connectivity index (χ1n) is 6.74. The molecule has 0 bridgehead atoms. The fourth-order valence-electron chi connectivity index (χ4n) is 2.33. The van der Waals surface area contributed by atoms with Gasteiger partial charge in [-0.15, -0.1) is 0 Å². The number of amides is 1. The number of hydrogen-bond donors (Lipinski definition) is 2. The van der Waals surface area contributed by atoms with Gasteiger partial charge in [0.1, 0.15) is 5.69 Å². The highest BCUT2D eigenvalue weighted by molar-refractivity contribution is 5.93. The third-order valence-corrected chi connectivity index (χ3v) is 3.42. The third kappa shape index (κ3) is 3.20. The van der Waals surface area contributed by atoms with Gasteiger partial charge >= 0.3 is 0 Å². The summed E-state index contributed by atoms with van der Waals surface area (Å²) >= 11 is 0. The first-order chi connectivity index (χ1) is 9.47. The van der Waals surface area contributed by atoms with Crippen LogP contribution in [0, 0.1) is 6.92 Å². The van der Waals surface area contributed by atoms with E-state index in [9.17, 15) is 4.79 Å². The van der Waals surface area contributed by atoms with Crippen LogP contribution in [-0.2, 0) is 13.5 Å². The highest BCUT2D eigenvalue weighted by Crippen LogP contribution is 2.11. The Morgan fingerprint density at radius 2 is 2.10 bits per heavy atom. The Labute approximate surface area is 119 Å². The van der Waals surface area contributed by atoms with Gasteiger partial charge in [0, 0.05) is 19.3 Å². The number of nitrogen functional groups attached to an aromatic ring is 1. The van der Waals surface area contributed by atoms with Crippen LogP contribution in [0.15, 0.2) is 36.5 Å². The number of carbonyl (C=O) groups is 1. The molecular weight excluding hydrogens is 250 g/mol. The Morgan fingerprint density at radius 3 is 2.70 bits per heavy atom. The molecule has 0 aliphatic rings. The predicted molar refractivity (Wildman–Crippen MR) is 81.6 cm³/mol. The Balaban J connectivity index is 2.01. The maximum absolute atomic E-state index is 12.2. The van der Waals surface area contributed by atoms with E-state index in [1.807, 2.05) is 26.1 Å². The van der Waals surface area contributed by atoms with Gasteiger partial charge < -0.3 is 15.6 Å². The van der Waals surface area contributed by atoms with E-state index in [1.165, 1.54) is 11.1 Å². The van der Waals surface area contributed by atoms with Crippen molar-refractivity contribution in [3.8, 4) is 0 Å². The van der Waals surface area contributed by atoms with Crippen LogP contribution in [0.2, 0.25) is 0 Å². The van der Waals surface area contributed by atoms with E-state index >= 15 is 0 Å². The van der Waals surface area contributed by atoms with Crippen molar-refractivity contribution < 1.29 is 4.79 Å². The number of nitrogens with one attached hydrogen (secondary N) is 1. The molecule has 1 amide bonds. The van der Waals surface area contributed by atoms with Crippen LogP contribution in [0.4, 0.5) is 5.69 Å². The summed E-state index contributed by atoms with van der Waals surface area (Å²) in [6.07, 6.45) is 2.55. The summed E-state index contributed by atoms with van der Waals surface area (Å²) in [7, 11) is 1.82. The monoisotopic (exact) mass is 271 g/mol. The lowest BCUT2D eigenvalue weighted by Crippen LogP contribution is -2.35. The van der Waals surface area contributed by atoms with E-state index in [2.05, 4.69) is 24.4 Å². The van der Waals surface area contributed by atoms with Crippen molar-refractivity contribution >= 4 is 11.6 Å². The van der Waals surface area contributed by atoms with Crippen LogP contribution in [0.1, 0.15) is 28.5 Å². The number of aromatic nitrogens is 1. The van der Waals surface area contributed by atoms with Crippen LogP contribution in [0.25, 0.3) is 0 Å². The summed E-state index contributed by atoms with van der Waals surface area (Å²) in [5.41, 5.74) is 9.38. The number of aryl methyl sites for hydroxylation is 2. The van der Waals surface area contributed by atoms with Gasteiger partial charge in [-0.05, 0) is 37.5 Å². The molecule has 0 aliphatic heterocycles. The Hall–Kier alpha value is -2.23. The average molecular weight is 271 g/mol. The molecule has 1 heterocycles. The molecule has 0 saturated carbocycles. The number of nitrogens with zero attached hydrogens (tertiary/aromatic N) is 1. The topological polar surface area (TPSA) is 60.1 Å². The molecular formula is C16H21N3O. The highest BCUT2D eigenvalue weighted by Gasteiger charge is 2.14. The molecule has 1 atom stereocenters. The Kier molecular flexibility index (Phi) is 4.13. The largest absolute Gasteiger partial charge is 0.397 e. The van der Waals surface area contributed by atoms with Crippen molar-refractivity contribution in [3.63, 3.8) is 0 Å². The Bertz CT molecular complexity index is 616. The van der Waals surface area contributed by atoms with Crippen LogP contribution in [0.5, 0.6) is 0 Å². The van der Waals surface area contributed by atoms with Gasteiger partial charge in [0.2, 0.25) is 0 Å². The summed E-state index contributed by atoms with van der Waals surface area (Å²) in [6.45, 7) is 4.10. The predicted octanol–water partition coefficient (Wildman–Crippen LogP) is 2.28. The fourth-order valence-corrected chi connectivity index (χ4v) is 2.33. The smallest absolute Gasteiger partial charge is 0.268 e. The minimum absolute atomic E-state index is 0.0692. The first kappa shape index (κ1) is 14.2. The molecule has 2 aromatic rings. The van der Waals surface area contributed by atoms with Crippen LogP contribution in [0.3, 0.4) is 0 Å². The van der Waals surface area contributed by atoms with Crippen LogP contribution in [-0.4, -0.2) is 16.5 Å². The summed E-state index contributed by atoms with van der Waals surface area (Å²) in [4.78, 5) is 12.2. The number of nitrogens with two attached hydrogens (primary N) is 1. The molecule has 3 N–H and O–H groups in total. The van der Waals surface area contributed by atoms with Crippen molar-refractivity contribution in [2.45, 2.75) is 26.3 Å². The summed E-state index contributed by atoms with van der Waals surface area (Å²) in [5, 5.41) is 3.01. The molecule has 1 aromatic carbocycles. The summed E-state index contributed by atoms with van der Waals surface area (Å²) in [5.74, 6) is -0.0923. The number of benzene rings is 1. The molecule has 4 nitrogen and oxygen atoms in total. The van der Waals surface area contributed by atoms with Gasteiger partial charge in [0.05, 0.1) is 5.69 Å². The molecule has 2 rings (SSSR count). The quantitative estimate of drug-likeness (QED) is 0.896. The molecule has 0 saturated heterocycles. The molecule has 106 valence electrons. The zero-order valence-electron chi connectivity index (χ0n) is 12.2. The van der Waals surface area contributed by atoms with E-state index in [1.54, 1.807) is 16.8 Å². The molecule has 0 fully saturated rings. The van der Waals surface area contributed by atoms with E-state index in [-0.39, 0.29) is 11.9 Å². The maximum atomic E-state index is 12.2. The maximum Gasteiger partial charge on any atom is 0.268 e. The Morgan fingerprint density at radius 1 is 1.40 bits per heavy atom. The number of anilines is 1. The minimum atomic E-state index is -0.0923. The van der Waals surface area contributed by atoms with E-state index in [0.717, 1.165) is 6.42 Å². The van der Waals surface area contributed by atoms with Crippen molar-refractivity contribution in [3.05, 3.63) is 53.3 Å². The van der Waals surface area contributed by atoms with Crippen molar-refractivity contribution in [2.24, 2.45) is 7.05 Å². The zero-order valence-corrected chi connectivity index (χ0v) is 12.2. The van der Waals surface area contributed by atoms with Gasteiger partial charge in [-0.3, -0.25) is 4.79 Å². The molecule has 1 aromatic heterocycles. The first-order valence-corrected chi connectivity index (χ1v) is 6.74. The van der Waals surface area contributed by atoms with Crippen molar-refractivity contribution in [2.75, 3.05) is 5.73 Å². The molecule has 1 unspecified atom stereocenters. The number of carbonyl (C=O) groups excluding carboxylic acids is 1. The lowest BCUT2D eigenvalue weighted by atomic mass is 10.0. The molecule has 4 heteroatoms. The van der Waals surface area contributed by atoms with Crippen LogP contribution < -0.4 is 11.1 Å². The fraction of sp³-hybridized carbons (Fsp3) is 0.312. The van der Waals surface area contributed by atoms with Crippen molar-refractivity contribution in [1.82, 2.24) is 9.88 Å². The third-order valence-electron chi connectivity index (χ3n) is 3.42. The lowest BCUT2D eigenvalue weighted by molar-refractivity contribution is 0.0932. The normalized spacial score (nSPS) is 12.2. The summed E-state index contributed by atoms with van der Waals surface area (Å²) in [6, 6.07) is 9.99. The second-order valence-electron chi connectivity index (χ2n) is 5.27. The van der Waals surface area contributed by atoms with Crippen molar-refractivity contribution in [1.29, 1.82) is 0 Å². The molecule has 0 radical (unpaired) electrons. The van der Waals surface area contributed by atoms with Crippen LogP contribution >= 0.6 is 0 Å². The second kappa shape index (κ2) is 5.82.